The van der Waals surface area contributed by atoms with E-state index < -0.39 is 21.9 Å². The van der Waals surface area contributed by atoms with Gasteiger partial charge in [-0.25, -0.2) is 4.79 Å². The first kappa shape index (κ1) is 12.8. The third-order valence-electron chi connectivity index (χ3n) is 1.46. The second-order valence-electron chi connectivity index (χ2n) is 2.63. The van der Waals surface area contributed by atoms with E-state index in [9.17, 15) is 18.0 Å². The molecule has 0 heterocycles. The molecule has 8 heteroatoms. The van der Waals surface area contributed by atoms with Crippen LogP contribution >= 0.6 is 0 Å². The summed E-state index contributed by atoms with van der Waals surface area (Å²) in [5.41, 5.74) is 4.80. The Hall–Kier alpha value is -1.15. The Morgan fingerprint density at radius 2 is 2.00 bits per heavy atom. The number of nitrogens with zero attached hydrogens (tertiary/aromatic N) is 1. The van der Waals surface area contributed by atoms with Gasteiger partial charge in [-0.2, -0.15) is 8.42 Å². The average molecular weight is 224 g/mol. The van der Waals surface area contributed by atoms with Crippen LogP contribution in [-0.4, -0.2) is 42.6 Å². The quantitative estimate of drug-likeness (QED) is 0.347. The van der Waals surface area contributed by atoms with E-state index in [4.69, 9.17) is 10.3 Å². The van der Waals surface area contributed by atoms with E-state index in [1.807, 2.05) is 0 Å². The number of nitrogens with two attached hydrogens (primary N) is 1. The van der Waals surface area contributed by atoms with Gasteiger partial charge in [0.05, 0.1) is 5.75 Å². The van der Waals surface area contributed by atoms with Crippen molar-refractivity contribution in [3.8, 4) is 0 Å². The van der Waals surface area contributed by atoms with E-state index in [1.165, 1.54) is 0 Å². The van der Waals surface area contributed by atoms with Gasteiger partial charge in [0.1, 0.15) is 0 Å². The predicted octanol–water partition coefficient (Wildman–Crippen LogP) is -0.808. The van der Waals surface area contributed by atoms with Crippen molar-refractivity contribution in [3.05, 3.63) is 0 Å². The smallest absolute Gasteiger partial charge is 0.321 e. The van der Waals surface area contributed by atoms with Crippen molar-refractivity contribution >= 4 is 22.6 Å². The van der Waals surface area contributed by atoms with Crippen LogP contribution in [0.1, 0.15) is 12.8 Å². The zero-order chi connectivity index (χ0) is 11.2. The topological polar surface area (TPSA) is 118 Å². The molecule has 3 N–H and O–H groups in total. The van der Waals surface area contributed by atoms with Gasteiger partial charge in [0, 0.05) is 6.54 Å². The van der Waals surface area contributed by atoms with Crippen molar-refractivity contribution < 1.29 is 22.6 Å². The zero-order valence-corrected chi connectivity index (χ0v) is 8.24. The summed E-state index contributed by atoms with van der Waals surface area (Å²) >= 11 is 0. The molecule has 0 saturated heterocycles. The molecule has 7 nitrogen and oxygen atoms in total. The van der Waals surface area contributed by atoms with Gasteiger partial charge in [-0.1, -0.05) is 0 Å². The van der Waals surface area contributed by atoms with Crippen LogP contribution < -0.4 is 5.73 Å². The van der Waals surface area contributed by atoms with Crippen LogP contribution in [0.4, 0.5) is 4.79 Å². The van der Waals surface area contributed by atoms with Gasteiger partial charge in [-0.05, 0) is 12.8 Å². The van der Waals surface area contributed by atoms with E-state index in [1.54, 1.807) is 0 Å². The van der Waals surface area contributed by atoms with Crippen molar-refractivity contribution in [2.75, 3.05) is 12.3 Å². The summed E-state index contributed by atoms with van der Waals surface area (Å²) in [6, 6.07) is -0.883. The molecular formula is C6H12N2O5S. The van der Waals surface area contributed by atoms with E-state index >= 15 is 0 Å². The van der Waals surface area contributed by atoms with Gasteiger partial charge < -0.3 is 5.73 Å². The summed E-state index contributed by atoms with van der Waals surface area (Å²) in [6.07, 6.45) is 0.716. The molecule has 0 aliphatic carbocycles. The number of hydrogen-bond acceptors (Lipinski definition) is 4. The second-order valence-corrected chi connectivity index (χ2v) is 4.20. The summed E-state index contributed by atoms with van der Waals surface area (Å²) < 4.78 is 28.9. The molecule has 0 aromatic heterocycles. The molecule has 0 radical (unpaired) electrons. The van der Waals surface area contributed by atoms with E-state index in [0.29, 0.717) is 0 Å². The van der Waals surface area contributed by atoms with Crippen molar-refractivity contribution in [1.82, 2.24) is 4.90 Å². The van der Waals surface area contributed by atoms with Gasteiger partial charge in [0.15, 0.2) is 0 Å². The SMILES string of the molecule is NC(=O)N(C=O)CCCCS(=O)(=O)O. The maximum atomic E-state index is 10.5. The highest BCUT2D eigenvalue weighted by molar-refractivity contribution is 7.85. The summed E-state index contributed by atoms with van der Waals surface area (Å²) in [7, 11) is -3.97. The minimum absolute atomic E-state index is 0.0500. The molecule has 0 aliphatic rings. The lowest BCUT2D eigenvalue weighted by atomic mass is 10.3. The van der Waals surface area contributed by atoms with Gasteiger partial charge in [0.2, 0.25) is 6.41 Å². The van der Waals surface area contributed by atoms with Crippen LogP contribution in [0.2, 0.25) is 0 Å². The first-order valence-electron chi connectivity index (χ1n) is 3.83. The number of imide groups is 1. The second kappa shape index (κ2) is 5.55. The lowest BCUT2D eigenvalue weighted by molar-refractivity contribution is -0.115. The highest BCUT2D eigenvalue weighted by atomic mass is 32.2. The third kappa shape index (κ3) is 6.38. The molecule has 14 heavy (non-hydrogen) atoms. The molecule has 0 aromatic carbocycles. The Balaban J connectivity index is 3.73. The number of carbonyl (C=O) groups excluding carboxylic acids is 2. The van der Waals surface area contributed by atoms with Crippen molar-refractivity contribution in [3.63, 3.8) is 0 Å². The molecule has 0 rings (SSSR count). The minimum atomic E-state index is -3.97. The number of primary amides is 1. The van der Waals surface area contributed by atoms with E-state index in [0.717, 1.165) is 4.90 Å². The molecule has 0 fully saturated rings. The Morgan fingerprint density at radius 3 is 2.36 bits per heavy atom. The predicted molar refractivity (Wildman–Crippen MR) is 48.0 cm³/mol. The van der Waals surface area contributed by atoms with Gasteiger partial charge in [0.25, 0.3) is 10.1 Å². The Labute approximate surface area is 81.6 Å². The highest BCUT2D eigenvalue weighted by Crippen LogP contribution is 1.96. The Morgan fingerprint density at radius 1 is 1.43 bits per heavy atom. The van der Waals surface area contributed by atoms with E-state index in [-0.39, 0.29) is 25.8 Å². The molecule has 0 aliphatic heterocycles. The molecule has 0 saturated carbocycles. The average Bonchev–Trinajstić information content (AvgIpc) is 2.01. The minimum Gasteiger partial charge on any atom is -0.351 e. The van der Waals surface area contributed by atoms with Crippen LogP contribution in [0, 0.1) is 0 Å². The van der Waals surface area contributed by atoms with Crippen LogP contribution in [-0.2, 0) is 14.9 Å². The fourth-order valence-electron chi connectivity index (χ4n) is 0.781. The van der Waals surface area contributed by atoms with Crippen LogP contribution in [0.25, 0.3) is 0 Å². The number of amides is 3. The largest absolute Gasteiger partial charge is 0.351 e. The molecule has 3 amide bonds. The Bertz CT molecular complexity index is 299. The van der Waals surface area contributed by atoms with Gasteiger partial charge >= 0.3 is 6.03 Å². The standard InChI is InChI=1S/C6H12N2O5S/c7-6(10)8(5-9)3-1-2-4-14(11,12)13/h5H,1-4H2,(H2,7,10)(H,11,12,13). The highest BCUT2D eigenvalue weighted by Gasteiger charge is 2.08. The van der Waals surface area contributed by atoms with E-state index in [2.05, 4.69) is 0 Å². The lowest BCUT2D eigenvalue weighted by Crippen LogP contribution is -2.35. The Kier molecular flexibility index (Phi) is 5.10. The van der Waals surface area contributed by atoms with Gasteiger partial charge in [-0.15, -0.1) is 0 Å². The number of unbranched alkanes of at least 4 members (excludes halogenated alkanes) is 1. The molecule has 0 bridgehead atoms. The number of urea groups is 1. The maximum absolute atomic E-state index is 10.5. The summed E-state index contributed by atoms with van der Waals surface area (Å²) in [6.45, 7) is 0.0500. The lowest BCUT2D eigenvalue weighted by Gasteiger charge is -2.10. The third-order valence-corrected chi connectivity index (χ3v) is 2.27. The normalized spacial score (nSPS) is 10.9. The molecule has 0 spiro atoms. The first-order valence-corrected chi connectivity index (χ1v) is 5.44. The van der Waals surface area contributed by atoms with Gasteiger partial charge in [-0.3, -0.25) is 14.2 Å². The summed E-state index contributed by atoms with van der Waals surface area (Å²) in [5, 5.41) is 0. The zero-order valence-electron chi connectivity index (χ0n) is 7.42. The van der Waals surface area contributed by atoms with Crippen molar-refractivity contribution in [2.45, 2.75) is 12.8 Å². The van der Waals surface area contributed by atoms with Crippen molar-refractivity contribution in [2.24, 2.45) is 5.73 Å². The van der Waals surface area contributed by atoms with Crippen LogP contribution in [0.5, 0.6) is 0 Å². The monoisotopic (exact) mass is 224 g/mol. The fraction of sp³-hybridized carbons (Fsp3) is 0.667. The van der Waals surface area contributed by atoms with Crippen molar-refractivity contribution in [1.29, 1.82) is 0 Å². The first-order chi connectivity index (χ1) is 6.37. The molecule has 0 atom stereocenters. The number of hydrogen-bond donors (Lipinski definition) is 2. The maximum Gasteiger partial charge on any atom is 0.321 e. The van der Waals surface area contributed by atoms with Crippen LogP contribution in [0.15, 0.2) is 0 Å². The molecular weight excluding hydrogens is 212 g/mol. The molecule has 0 aromatic rings. The van der Waals surface area contributed by atoms with Crippen LogP contribution in [0.3, 0.4) is 0 Å². The summed E-state index contributed by atoms with van der Waals surface area (Å²) in [5.74, 6) is -0.390. The molecule has 0 unspecified atom stereocenters. The summed E-state index contributed by atoms with van der Waals surface area (Å²) in [4.78, 5) is 21.4. The fourth-order valence-corrected chi connectivity index (χ4v) is 1.35. The molecule has 82 valence electrons. The number of carbonyl (C=O) groups is 2. The number of rotatable bonds is 6.